The number of hydrogen-bond acceptors (Lipinski definition) is 3. The third-order valence-corrected chi connectivity index (χ3v) is 4.14. The van der Waals surface area contributed by atoms with E-state index in [0.717, 1.165) is 42.9 Å². The Morgan fingerprint density at radius 3 is 2.40 bits per heavy atom. The highest BCUT2D eigenvalue weighted by molar-refractivity contribution is 6.39. The number of benzene rings is 1. The summed E-state index contributed by atoms with van der Waals surface area (Å²) >= 11 is 0. The first-order chi connectivity index (χ1) is 9.52. The van der Waals surface area contributed by atoms with E-state index in [1.54, 1.807) is 19.2 Å². The first-order valence-electron chi connectivity index (χ1n) is 6.98. The highest BCUT2D eigenvalue weighted by Crippen LogP contribution is 2.39. The molecule has 0 radical (unpaired) electrons. The summed E-state index contributed by atoms with van der Waals surface area (Å²) in [6, 6.07) is 4.91. The molecular formula is C16H20O4. The van der Waals surface area contributed by atoms with Gasteiger partial charge in [0.2, 0.25) is 0 Å². The summed E-state index contributed by atoms with van der Waals surface area (Å²) in [6.45, 7) is 2.25. The number of carboxylic acid groups (broad SMARTS) is 1. The molecule has 108 valence electrons. The number of hydrogen-bond donors (Lipinski definition) is 1. The van der Waals surface area contributed by atoms with E-state index in [9.17, 15) is 9.59 Å². The van der Waals surface area contributed by atoms with Crippen molar-refractivity contribution in [1.82, 2.24) is 0 Å². The van der Waals surface area contributed by atoms with Gasteiger partial charge in [-0.15, -0.1) is 0 Å². The summed E-state index contributed by atoms with van der Waals surface area (Å²) < 4.78 is 5.36. The van der Waals surface area contributed by atoms with Gasteiger partial charge < -0.3 is 9.84 Å². The van der Waals surface area contributed by atoms with Gasteiger partial charge >= 0.3 is 5.97 Å². The fourth-order valence-corrected chi connectivity index (χ4v) is 2.89. The van der Waals surface area contributed by atoms with Gasteiger partial charge in [0, 0.05) is 5.56 Å². The smallest absolute Gasteiger partial charge is 0.377 e. The van der Waals surface area contributed by atoms with Gasteiger partial charge in [0.1, 0.15) is 5.75 Å². The molecule has 4 heteroatoms. The second-order valence-corrected chi connectivity index (χ2v) is 5.55. The van der Waals surface area contributed by atoms with Gasteiger partial charge in [-0.2, -0.15) is 0 Å². The summed E-state index contributed by atoms with van der Waals surface area (Å²) in [5.41, 5.74) is 1.19. The second kappa shape index (κ2) is 6.07. The van der Waals surface area contributed by atoms with Crippen molar-refractivity contribution >= 4 is 11.8 Å². The Labute approximate surface area is 118 Å². The molecule has 1 fully saturated rings. The number of carboxylic acids is 1. The first kappa shape index (κ1) is 14.6. The van der Waals surface area contributed by atoms with Crippen molar-refractivity contribution in [1.29, 1.82) is 0 Å². The van der Waals surface area contributed by atoms with Crippen LogP contribution in [0.25, 0.3) is 0 Å². The molecule has 0 aliphatic heterocycles. The van der Waals surface area contributed by atoms with Crippen molar-refractivity contribution in [3.05, 3.63) is 29.3 Å². The van der Waals surface area contributed by atoms with Crippen molar-refractivity contribution in [3.8, 4) is 5.75 Å². The Kier molecular flexibility index (Phi) is 4.42. The number of ketones is 1. The number of Topliss-reactive ketones (excluding diaryl/α,β-unsaturated/α-hetero) is 1. The van der Waals surface area contributed by atoms with Crippen molar-refractivity contribution in [2.45, 2.75) is 38.5 Å². The second-order valence-electron chi connectivity index (χ2n) is 5.55. The van der Waals surface area contributed by atoms with E-state index < -0.39 is 11.8 Å². The topological polar surface area (TPSA) is 63.6 Å². The quantitative estimate of drug-likeness (QED) is 0.677. The van der Waals surface area contributed by atoms with E-state index in [1.807, 2.05) is 0 Å². The summed E-state index contributed by atoms with van der Waals surface area (Å²) in [5, 5.41) is 8.82. The molecule has 1 N–H and O–H groups in total. The van der Waals surface area contributed by atoms with E-state index in [4.69, 9.17) is 9.84 Å². The molecule has 1 aliphatic rings. The molecule has 0 heterocycles. The van der Waals surface area contributed by atoms with Gasteiger partial charge in [0.25, 0.3) is 5.78 Å². The van der Waals surface area contributed by atoms with Crippen molar-refractivity contribution in [2.75, 3.05) is 7.11 Å². The lowest BCUT2D eigenvalue weighted by atomic mass is 9.79. The zero-order chi connectivity index (χ0) is 14.7. The van der Waals surface area contributed by atoms with Crippen LogP contribution in [0.4, 0.5) is 0 Å². The standard InChI is InChI=1S/C16H20O4/c1-10-3-5-11(6-4-10)13-9-12(15(17)16(18)19)7-8-14(13)20-2/h7-11H,3-6H2,1-2H3,(H,18,19). The Balaban J connectivity index is 2.32. The minimum absolute atomic E-state index is 0.229. The monoisotopic (exact) mass is 276 g/mol. The largest absolute Gasteiger partial charge is 0.496 e. The molecule has 0 aromatic heterocycles. The van der Waals surface area contributed by atoms with Crippen LogP contribution >= 0.6 is 0 Å². The Morgan fingerprint density at radius 1 is 1.20 bits per heavy atom. The van der Waals surface area contributed by atoms with Crippen LogP contribution in [0.1, 0.15) is 54.4 Å². The summed E-state index contributed by atoms with van der Waals surface area (Å²) in [6.07, 6.45) is 4.43. The minimum atomic E-state index is -1.42. The van der Waals surface area contributed by atoms with Gasteiger partial charge in [-0.1, -0.05) is 19.8 Å². The van der Waals surface area contributed by atoms with Gasteiger partial charge in [-0.3, -0.25) is 4.79 Å². The lowest BCUT2D eigenvalue weighted by Gasteiger charge is -2.27. The van der Waals surface area contributed by atoms with Gasteiger partial charge in [0.05, 0.1) is 7.11 Å². The lowest BCUT2D eigenvalue weighted by molar-refractivity contribution is -0.131. The van der Waals surface area contributed by atoms with Crippen LogP contribution < -0.4 is 4.74 Å². The van der Waals surface area contributed by atoms with Crippen LogP contribution in [-0.2, 0) is 4.79 Å². The molecular weight excluding hydrogens is 256 g/mol. The molecule has 1 saturated carbocycles. The van der Waals surface area contributed by atoms with Gasteiger partial charge in [-0.25, -0.2) is 4.79 Å². The number of aliphatic carboxylic acids is 1. The van der Waals surface area contributed by atoms with E-state index in [-0.39, 0.29) is 5.56 Å². The van der Waals surface area contributed by atoms with Gasteiger partial charge in [0.15, 0.2) is 0 Å². The lowest BCUT2D eigenvalue weighted by Crippen LogP contribution is -2.15. The Hall–Kier alpha value is -1.84. The SMILES string of the molecule is COc1ccc(C(=O)C(=O)O)cc1C1CCC(C)CC1. The molecule has 2 rings (SSSR count). The highest BCUT2D eigenvalue weighted by Gasteiger charge is 2.24. The van der Waals surface area contributed by atoms with Crippen LogP contribution in [0.5, 0.6) is 5.75 Å². The predicted octanol–water partition coefficient (Wildman–Crippen LogP) is 3.26. The molecule has 0 unspecified atom stereocenters. The van der Waals surface area contributed by atoms with Crippen LogP contribution in [0.15, 0.2) is 18.2 Å². The number of ether oxygens (including phenoxy) is 1. The van der Waals surface area contributed by atoms with Gasteiger partial charge in [-0.05, 0) is 48.4 Å². The summed E-state index contributed by atoms with van der Waals surface area (Å²) in [7, 11) is 1.60. The molecule has 1 aliphatic carbocycles. The molecule has 0 atom stereocenters. The average Bonchev–Trinajstić information content (AvgIpc) is 2.46. The van der Waals surface area contributed by atoms with E-state index in [2.05, 4.69) is 6.92 Å². The third kappa shape index (κ3) is 3.00. The average molecular weight is 276 g/mol. The molecule has 0 saturated heterocycles. The zero-order valence-corrected chi connectivity index (χ0v) is 11.9. The molecule has 4 nitrogen and oxygen atoms in total. The molecule has 20 heavy (non-hydrogen) atoms. The highest BCUT2D eigenvalue weighted by atomic mass is 16.5. The maximum Gasteiger partial charge on any atom is 0.377 e. The maximum absolute atomic E-state index is 11.6. The molecule has 1 aromatic rings. The molecule has 0 bridgehead atoms. The first-order valence-corrected chi connectivity index (χ1v) is 6.98. The maximum atomic E-state index is 11.6. The fraction of sp³-hybridized carbons (Fsp3) is 0.500. The van der Waals surface area contributed by atoms with E-state index >= 15 is 0 Å². The van der Waals surface area contributed by atoms with Crippen molar-refractivity contribution < 1.29 is 19.4 Å². The normalized spacial score (nSPS) is 22.3. The molecule has 0 spiro atoms. The Bertz CT molecular complexity index is 513. The predicted molar refractivity (Wildman–Crippen MR) is 75.3 cm³/mol. The third-order valence-electron chi connectivity index (χ3n) is 4.14. The number of carbonyl (C=O) groups is 2. The Morgan fingerprint density at radius 2 is 1.85 bits per heavy atom. The summed E-state index contributed by atoms with van der Waals surface area (Å²) in [5.74, 6) is -0.452. The number of methoxy groups -OCH3 is 1. The number of carbonyl (C=O) groups excluding carboxylic acids is 1. The van der Waals surface area contributed by atoms with Crippen molar-refractivity contribution in [3.63, 3.8) is 0 Å². The van der Waals surface area contributed by atoms with E-state index in [0.29, 0.717) is 5.92 Å². The van der Waals surface area contributed by atoms with Crippen LogP contribution in [0.2, 0.25) is 0 Å². The number of rotatable bonds is 4. The fourth-order valence-electron chi connectivity index (χ4n) is 2.89. The van der Waals surface area contributed by atoms with Crippen LogP contribution in [0, 0.1) is 5.92 Å². The molecule has 1 aromatic carbocycles. The zero-order valence-electron chi connectivity index (χ0n) is 11.9. The molecule has 0 amide bonds. The van der Waals surface area contributed by atoms with Crippen LogP contribution in [-0.4, -0.2) is 24.0 Å². The van der Waals surface area contributed by atoms with E-state index in [1.165, 1.54) is 6.07 Å². The minimum Gasteiger partial charge on any atom is -0.496 e. The van der Waals surface area contributed by atoms with Crippen LogP contribution in [0.3, 0.4) is 0 Å². The summed E-state index contributed by atoms with van der Waals surface area (Å²) in [4.78, 5) is 22.4. The van der Waals surface area contributed by atoms with Crippen molar-refractivity contribution in [2.24, 2.45) is 5.92 Å².